The molecule has 0 saturated heterocycles. The van der Waals surface area contributed by atoms with Gasteiger partial charge < -0.3 is 10.7 Å². The molecule has 1 saturated carbocycles. The van der Waals surface area contributed by atoms with Crippen LogP contribution in [0.5, 0.6) is 0 Å². The summed E-state index contributed by atoms with van der Waals surface area (Å²) >= 11 is 1.35. The maximum atomic E-state index is 12.8. The molecule has 1 aromatic heterocycles. The van der Waals surface area contributed by atoms with E-state index in [-0.39, 0.29) is 17.7 Å². The summed E-state index contributed by atoms with van der Waals surface area (Å²) < 4.78 is 1.56. The van der Waals surface area contributed by atoms with E-state index < -0.39 is 0 Å². The van der Waals surface area contributed by atoms with Crippen LogP contribution in [0.2, 0.25) is 0 Å². The first-order chi connectivity index (χ1) is 13.6. The Balaban J connectivity index is 1.56. The third kappa shape index (κ3) is 5.28. The fourth-order valence-corrected chi connectivity index (χ4v) is 4.63. The van der Waals surface area contributed by atoms with Crippen LogP contribution in [0.4, 0.5) is 5.69 Å². The van der Waals surface area contributed by atoms with Crippen LogP contribution in [-0.2, 0) is 11.2 Å². The molecule has 1 aliphatic rings. The van der Waals surface area contributed by atoms with Crippen molar-refractivity contribution in [2.75, 3.05) is 16.5 Å². The molecule has 0 unspecified atom stereocenters. The summed E-state index contributed by atoms with van der Waals surface area (Å²) in [7, 11) is 0. The zero-order valence-corrected chi connectivity index (χ0v) is 17.7. The van der Waals surface area contributed by atoms with Crippen molar-refractivity contribution >= 4 is 23.4 Å². The van der Waals surface area contributed by atoms with E-state index in [0.29, 0.717) is 5.16 Å². The highest BCUT2D eigenvalue weighted by Gasteiger charge is 2.21. The van der Waals surface area contributed by atoms with Crippen LogP contribution < -0.4 is 10.7 Å². The number of benzene rings is 1. The number of nitrogens with two attached hydrogens (primary N) is 1. The third-order valence-electron chi connectivity index (χ3n) is 5.38. The van der Waals surface area contributed by atoms with Crippen molar-refractivity contribution in [3.8, 4) is 0 Å². The monoisotopic (exact) mass is 401 g/mol. The average molecular weight is 402 g/mol. The highest BCUT2D eigenvalue weighted by Crippen LogP contribution is 2.27. The molecule has 1 aliphatic carbocycles. The Hall–Kier alpha value is -2.02. The molecule has 2 N–H and O–H groups in total. The zero-order valence-electron chi connectivity index (χ0n) is 16.9. The maximum absolute atomic E-state index is 12.8. The average Bonchev–Trinajstić information content (AvgIpc) is 3.06. The lowest BCUT2D eigenvalue weighted by Crippen LogP contribution is -2.38. The Kier molecular flexibility index (Phi) is 7.36. The molecular formula is C21H31N5OS. The lowest BCUT2D eigenvalue weighted by atomic mass is 9.86. The molecule has 0 radical (unpaired) electrons. The minimum atomic E-state index is 0.0398. The zero-order chi connectivity index (χ0) is 19.9. The second-order valence-electron chi connectivity index (χ2n) is 7.79. The molecule has 2 aromatic rings. The maximum Gasteiger partial charge on any atom is 0.237 e. The van der Waals surface area contributed by atoms with Gasteiger partial charge in [0.05, 0.1) is 5.75 Å². The van der Waals surface area contributed by atoms with Crippen molar-refractivity contribution in [2.45, 2.75) is 70.0 Å². The Morgan fingerprint density at radius 1 is 1.21 bits per heavy atom. The quantitative estimate of drug-likeness (QED) is 0.534. The van der Waals surface area contributed by atoms with E-state index in [4.69, 9.17) is 5.84 Å². The Morgan fingerprint density at radius 3 is 2.61 bits per heavy atom. The number of thioether (sulfide) groups is 1. The van der Waals surface area contributed by atoms with Crippen LogP contribution in [0, 0.1) is 5.92 Å². The topological polar surface area (TPSA) is 77.0 Å². The van der Waals surface area contributed by atoms with Crippen LogP contribution in [-0.4, -0.2) is 32.6 Å². The SMILES string of the molecule is CC(C)N(C(=O)CSc1nnc(CCC2CCCCC2)n1N)c1ccccc1. The van der Waals surface area contributed by atoms with Crippen molar-refractivity contribution in [3.63, 3.8) is 0 Å². The number of amides is 1. The number of anilines is 1. The van der Waals surface area contributed by atoms with Gasteiger partial charge in [-0.1, -0.05) is 62.1 Å². The summed E-state index contributed by atoms with van der Waals surface area (Å²) in [5.74, 6) is 8.12. The van der Waals surface area contributed by atoms with Crippen molar-refractivity contribution in [2.24, 2.45) is 5.92 Å². The molecule has 1 fully saturated rings. The summed E-state index contributed by atoms with van der Waals surface area (Å²) in [6.45, 7) is 4.04. The normalized spacial score (nSPS) is 15.1. The largest absolute Gasteiger partial charge is 0.336 e. The van der Waals surface area contributed by atoms with Crippen LogP contribution in [0.25, 0.3) is 0 Å². The summed E-state index contributed by atoms with van der Waals surface area (Å²) in [4.78, 5) is 14.6. The highest BCUT2D eigenvalue weighted by atomic mass is 32.2. The first-order valence-electron chi connectivity index (χ1n) is 10.3. The molecule has 28 heavy (non-hydrogen) atoms. The van der Waals surface area contributed by atoms with Gasteiger partial charge in [0.2, 0.25) is 11.1 Å². The van der Waals surface area contributed by atoms with Gasteiger partial charge in [-0.2, -0.15) is 0 Å². The molecule has 7 heteroatoms. The summed E-state index contributed by atoms with van der Waals surface area (Å²) in [5, 5.41) is 9.07. The number of nitrogens with zero attached hydrogens (tertiary/aromatic N) is 4. The second kappa shape index (κ2) is 9.96. The van der Waals surface area contributed by atoms with Gasteiger partial charge in [0.25, 0.3) is 0 Å². The molecule has 0 atom stereocenters. The Labute approximate surface area is 171 Å². The first-order valence-corrected chi connectivity index (χ1v) is 11.2. The number of aryl methyl sites for hydroxylation is 1. The molecule has 1 heterocycles. The molecule has 0 aliphatic heterocycles. The summed E-state index contributed by atoms with van der Waals surface area (Å²) in [5.41, 5.74) is 0.908. The molecule has 6 nitrogen and oxygen atoms in total. The Morgan fingerprint density at radius 2 is 1.93 bits per heavy atom. The Bertz CT molecular complexity index is 755. The van der Waals surface area contributed by atoms with Crippen molar-refractivity contribution in [3.05, 3.63) is 36.2 Å². The molecule has 0 bridgehead atoms. The number of rotatable bonds is 8. The van der Waals surface area contributed by atoms with Gasteiger partial charge in [-0.15, -0.1) is 10.2 Å². The molecule has 1 aromatic carbocycles. The molecular weight excluding hydrogens is 370 g/mol. The van der Waals surface area contributed by atoms with E-state index in [1.165, 1.54) is 43.9 Å². The lowest BCUT2D eigenvalue weighted by molar-refractivity contribution is -0.116. The van der Waals surface area contributed by atoms with Gasteiger partial charge in [0.1, 0.15) is 0 Å². The van der Waals surface area contributed by atoms with Crippen LogP contribution in [0.1, 0.15) is 58.2 Å². The fourth-order valence-electron chi connectivity index (χ4n) is 3.90. The van der Waals surface area contributed by atoms with Gasteiger partial charge in [-0.3, -0.25) is 4.79 Å². The van der Waals surface area contributed by atoms with Gasteiger partial charge in [-0.25, -0.2) is 4.68 Å². The van der Waals surface area contributed by atoms with E-state index in [0.717, 1.165) is 30.3 Å². The number of carbonyl (C=O) groups excluding carboxylic acids is 1. The van der Waals surface area contributed by atoms with E-state index in [9.17, 15) is 4.79 Å². The number of hydrogen-bond donors (Lipinski definition) is 1. The van der Waals surface area contributed by atoms with E-state index in [1.54, 1.807) is 4.68 Å². The van der Waals surface area contributed by atoms with Crippen LogP contribution >= 0.6 is 11.8 Å². The fraction of sp³-hybridized carbons (Fsp3) is 0.571. The molecule has 3 rings (SSSR count). The number of hydrogen-bond acceptors (Lipinski definition) is 5. The standard InChI is InChI=1S/C21H31N5OS/c1-16(2)25(18-11-7-4-8-12-18)20(27)15-28-21-24-23-19(26(21)22)14-13-17-9-5-3-6-10-17/h4,7-8,11-12,16-17H,3,5-6,9-10,13-15,22H2,1-2H3. The van der Waals surface area contributed by atoms with E-state index >= 15 is 0 Å². The van der Waals surface area contributed by atoms with Gasteiger partial charge in [0, 0.05) is 18.2 Å². The van der Waals surface area contributed by atoms with Gasteiger partial charge in [0.15, 0.2) is 5.82 Å². The van der Waals surface area contributed by atoms with E-state index in [2.05, 4.69) is 10.2 Å². The minimum Gasteiger partial charge on any atom is -0.336 e. The van der Waals surface area contributed by atoms with Crippen molar-refractivity contribution in [1.82, 2.24) is 14.9 Å². The smallest absolute Gasteiger partial charge is 0.237 e. The third-order valence-corrected chi connectivity index (χ3v) is 6.31. The van der Waals surface area contributed by atoms with Crippen LogP contribution in [0.15, 0.2) is 35.5 Å². The highest BCUT2D eigenvalue weighted by molar-refractivity contribution is 7.99. The summed E-state index contributed by atoms with van der Waals surface area (Å²) in [6, 6.07) is 9.83. The van der Waals surface area contributed by atoms with Gasteiger partial charge in [-0.05, 0) is 38.3 Å². The molecule has 0 spiro atoms. The second-order valence-corrected chi connectivity index (χ2v) is 8.74. The summed E-state index contributed by atoms with van der Waals surface area (Å²) in [6.07, 6.45) is 8.67. The number of nitrogen functional groups attached to an aromatic ring is 1. The predicted octanol–water partition coefficient (Wildman–Crippen LogP) is 4.04. The first kappa shape index (κ1) is 20.7. The van der Waals surface area contributed by atoms with Crippen molar-refractivity contribution < 1.29 is 4.79 Å². The lowest BCUT2D eigenvalue weighted by Gasteiger charge is -2.26. The van der Waals surface area contributed by atoms with E-state index in [1.807, 2.05) is 49.1 Å². The van der Waals surface area contributed by atoms with Gasteiger partial charge >= 0.3 is 0 Å². The molecule has 1 amide bonds. The number of para-hydroxylation sites is 1. The van der Waals surface area contributed by atoms with Crippen LogP contribution in [0.3, 0.4) is 0 Å². The van der Waals surface area contributed by atoms with Crippen molar-refractivity contribution in [1.29, 1.82) is 0 Å². The minimum absolute atomic E-state index is 0.0398. The number of aromatic nitrogens is 3. The predicted molar refractivity (Wildman–Crippen MR) is 115 cm³/mol. The molecule has 152 valence electrons. The number of carbonyl (C=O) groups is 1.